The lowest BCUT2D eigenvalue weighted by molar-refractivity contribution is 0.904. The topological polar surface area (TPSA) is 38.7 Å². The van der Waals surface area contributed by atoms with Gasteiger partial charge in [-0.2, -0.15) is 0 Å². The van der Waals surface area contributed by atoms with Crippen molar-refractivity contribution in [2.24, 2.45) is 0 Å². The third-order valence-electron chi connectivity index (χ3n) is 2.13. The van der Waals surface area contributed by atoms with E-state index in [1.54, 1.807) is 0 Å². The van der Waals surface area contributed by atoms with E-state index < -0.39 is 0 Å². The Balaban J connectivity index is 2.34. The number of hydrogen-bond acceptors (Lipinski definition) is 4. The predicted molar refractivity (Wildman–Crippen MR) is 69.9 cm³/mol. The molecule has 1 heterocycles. The first-order valence-corrected chi connectivity index (χ1v) is 6.44. The van der Waals surface area contributed by atoms with Crippen molar-refractivity contribution >= 4 is 35.0 Å². The van der Waals surface area contributed by atoms with Gasteiger partial charge in [0.05, 0.1) is 0 Å². The molecule has 0 aliphatic carbocycles. The fourth-order valence-corrected chi connectivity index (χ4v) is 2.55. The van der Waals surface area contributed by atoms with E-state index in [0.717, 1.165) is 4.90 Å². The number of nitrogens with zero attached hydrogens (tertiary/aromatic N) is 3. The number of aryl methyl sites for hydroxylation is 2. The van der Waals surface area contributed by atoms with Crippen LogP contribution in [0.1, 0.15) is 11.1 Å². The Bertz CT molecular complexity index is 560. The SMILES string of the molecule is Cc1ccc(Sc2nc(Cl)nnc2Cl)c(C)c1. The molecule has 6 heteroatoms. The highest BCUT2D eigenvalue weighted by Crippen LogP contribution is 2.32. The van der Waals surface area contributed by atoms with E-state index in [1.807, 2.05) is 19.1 Å². The van der Waals surface area contributed by atoms with Crippen LogP contribution in [-0.2, 0) is 0 Å². The molecular formula is C11H9Cl2N3S. The molecule has 1 aromatic heterocycles. The van der Waals surface area contributed by atoms with Crippen LogP contribution in [0.5, 0.6) is 0 Å². The van der Waals surface area contributed by atoms with E-state index in [1.165, 1.54) is 22.9 Å². The molecule has 2 aromatic rings. The number of rotatable bonds is 2. The summed E-state index contributed by atoms with van der Waals surface area (Å²) in [5.74, 6) is 0. The lowest BCUT2D eigenvalue weighted by atomic mass is 10.2. The molecule has 0 N–H and O–H groups in total. The minimum Gasteiger partial charge on any atom is -0.206 e. The third-order valence-corrected chi connectivity index (χ3v) is 3.81. The van der Waals surface area contributed by atoms with E-state index in [-0.39, 0.29) is 10.4 Å². The fourth-order valence-electron chi connectivity index (χ4n) is 1.36. The quantitative estimate of drug-likeness (QED) is 0.838. The van der Waals surface area contributed by atoms with E-state index >= 15 is 0 Å². The Kier molecular flexibility index (Phi) is 3.86. The second-order valence-electron chi connectivity index (χ2n) is 3.55. The Morgan fingerprint density at radius 3 is 2.59 bits per heavy atom. The Morgan fingerprint density at radius 2 is 1.88 bits per heavy atom. The van der Waals surface area contributed by atoms with Crippen molar-refractivity contribution in [3.63, 3.8) is 0 Å². The van der Waals surface area contributed by atoms with Gasteiger partial charge in [0, 0.05) is 4.90 Å². The van der Waals surface area contributed by atoms with Gasteiger partial charge in [0.1, 0.15) is 5.03 Å². The zero-order valence-corrected chi connectivity index (χ0v) is 11.6. The summed E-state index contributed by atoms with van der Waals surface area (Å²) in [6.07, 6.45) is 0. The van der Waals surface area contributed by atoms with Crippen LogP contribution >= 0.6 is 35.0 Å². The van der Waals surface area contributed by atoms with Crippen LogP contribution in [0.3, 0.4) is 0 Å². The number of aromatic nitrogens is 3. The maximum Gasteiger partial charge on any atom is 0.244 e. The van der Waals surface area contributed by atoms with Gasteiger partial charge in [0.2, 0.25) is 5.28 Å². The molecule has 0 fully saturated rings. The molecule has 17 heavy (non-hydrogen) atoms. The summed E-state index contributed by atoms with van der Waals surface area (Å²) in [4.78, 5) is 5.13. The summed E-state index contributed by atoms with van der Waals surface area (Å²) in [7, 11) is 0. The van der Waals surface area contributed by atoms with Crippen molar-refractivity contribution in [3.8, 4) is 0 Å². The summed E-state index contributed by atoms with van der Waals surface area (Å²) in [5.41, 5.74) is 2.39. The maximum atomic E-state index is 5.91. The molecule has 1 aromatic carbocycles. The number of benzene rings is 1. The van der Waals surface area contributed by atoms with Crippen LogP contribution in [0.15, 0.2) is 28.1 Å². The number of halogens is 2. The largest absolute Gasteiger partial charge is 0.244 e. The fraction of sp³-hybridized carbons (Fsp3) is 0.182. The zero-order chi connectivity index (χ0) is 12.4. The minimum absolute atomic E-state index is 0.0988. The van der Waals surface area contributed by atoms with Crippen LogP contribution in [0.4, 0.5) is 0 Å². The average Bonchev–Trinajstić information content (AvgIpc) is 2.27. The molecule has 0 saturated carbocycles. The van der Waals surface area contributed by atoms with Gasteiger partial charge in [-0.15, -0.1) is 10.2 Å². The maximum absolute atomic E-state index is 5.91. The summed E-state index contributed by atoms with van der Waals surface area (Å²) >= 11 is 13.0. The highest BCUT2D eigenvalue weighted by Gasteiger charge is 2.09. The summed E-state index contributed by atoms with van der Waals surface area (Å²) in [6, 6.07) is 6.17. The molecule has 88 valence electrons. The zero-order valence-electron chi connectivity index (χ0n) is 9.24. The number of hydrogen-bond donors (Lipinski definition) is 0. The van der Waals surface area contributed by atoms with E-state index in [0.29, 0.717) is 5.03 Å². The van der Waals surface area contributed by atoms with Crippen molar-refractivity contribution < 1.29 is 0 Å². The summed E-state index contributed by atoms with van der Waals surface area (Å²) in [5, 5.41) is 8.23. The van der Waals surface area contributed by atoms with Crippen LogP contribution < -0.4 is 0 Å². The van der Waals surface area contributed by atoms with Crippen LogP contribution in [0.25, 0.3) is 0 Å². The van der Waals surface area contributed by atoms with Crippen LogP contribution in [-0.4, -0.2) is 15.2 Å². The molecule has 0 amide bonds. The van der Waals surface area contributed by atoms with Crippen molar-refractivity contribution in [3.05, 3.63) is 39.8 Å². The third kappa shape index (κ3) is 3.09. The molecule has 2 rings (SSSR count). The molecule has 0 atom stereocenters. The molecule has 0 spiro atoms. The molecule has 0 unspecified atom stereocenters. The summed E-state index contributed by atoms with van der Waals surface area (Å²) < 4.78 is 0. The van der Waals surface area contributed by atoms with Gasteiger partial charge in [0.25, 0.3) is 0 Å². The molecule has 0 aliphatic heterocycles. The van der Waals surface area contributed by atoms with Crippen molar-refractivity contribution in [1.82, 2.24) is 15.2 Å². The van der Waals surface area contributed by atoms with Gasteiger partial charge >= 0.3 is 0 Å². The normalized spacial score (nSPS) is 10.6. The van der Waals surface area contributed by atoms with Crippen molar-refractivity contribution in [2.75, 3.05) is 0 Å². The highest BCUT2D eigenvalue weighted by molar-refractivity contribution is 7.99. The van der Waals surface area contributed by atoms with Crippen LogP contribution in [0, 0.1) is 13.8 Å². The average molecular weight is 286 g/mol. The predicted octanol–water partition coefficient (Wildman–Crippen LogP) is 3.95. The highest BCUT2D eigenvalue weighted by atomic mass is 35.5. The van der Waals surface area contributed by atoms with E-state index in [9.17, 15) is 0 Å². The molecule has 3 nitrogen and oxygen atoms in total. The van der Waals surface area contributed by atoms with Gasteiger partial charge < -0.3 is 0 Å². The molecular weight excluding hydrogens is 277 g/mol. The van der Waals surface area contributed by atoms with Crippen molar-refractivity contribution in [1.29, 1.82) is 0 Å². The second-order valence-corrected chi connectivity index (χ2v) is 5.27. The molecule has 0 radical (unpaired) electrons. The van der Waals surface area contributed by atoms with Crippen LogP contribution in [0.2, 0.25) is 10.4 Å². The Morgan fingerprint density at radius 1 is 1.12 bits per heavy atom. The van der Waals surface area contributed by atoms with Gasteiger partial charge in [-0.1, -0.05) is 41.1 Å². The smallest absolute Gasteiger partial charge is 0.206 e. The lowest BCUT2D eigenvalue weighted by Crippen LogP contribution is -1.92. The monoisotopic (exact) mass is 285 g/mol. The van der Waals surface area contributed by atoms with Gasteiger partial charge in [-0.3, -0.25) is 0 Å². The first-order valence-electron chi connectivity index (χ1n) is 4.87. The van der Waals surface area contributed by atoms with Gasteiger partial charge in [-0.05, 0) is 37.1 Å². The van der Waals surface area contributed by atoms with E-state index in [4.69, 9.17) is 23.2 Å². The lowest BCUT2D eigenvalue weighted by Gasteiger charge is -2.06. The second kappa shape index (κ2) is 5.21. The Hall–Kier alpha value is -0.840. The summed E-state index contributed by atoms with van der Waals surface area (Å²) in [6.45, 7) is 4.09. The Labute approximate surface area is 114 Å². The van der Waals surface area contributed by atoms with Gasteiger partial charge in [0.15, 0.2) is 5.15 Å². The first-order chi connectivity index (χ1) is 8.06. The molecule has 0 bridgehead atoms. The standard InChI is InChI=1S/C11H9Cl2N3S/c1-6-3-4-8(7(2)5-6)17-10-9(12)15-16-11(13)14-10/h3-5H,1-2H3. The van der Waals surface area contributed by atoms with Crippen molar-refractivity contribution in [2.45, 2.75) is 23.8 Å². The minimum atomic E-state index is 0.0988. The van der Waals surface area contributed by atoms with Gasteiger partial charge in [-0.25, -0.2) is 4.98 Å². The molecule has 0 saturated heterocycles. The van der Waals surface area contributed by atoms with E-state index in [2.05, 4.69) is 28.2 Å². The molecule has 0 aliphatic rings. The first kappa shape index (κ1) is 12.6.